The van der Waals surface area contributed by atoms with Crippen molar-refractivity contribution >= 4 is 21.8 Å². The number of benzene rings is 1. The van der Waals surface area contributed by atoms with Gasteiger partial charge >= 0.3 is 0 Å². The third-order valence-electron chi connectivity index (χ3n) is 2.29. The fourth-order valence-corrected chi connectivity index (χ4v) is 1.71. The largest absolute Gasteiger partial charge is 0.484 e. The van der Waals surface area contributed by atoms with E-state index in [1.54, 1.807) is 14.1 Å². The van der Waals surface area contributed by atoms with Gasteiger partial charge < -0.3 is 15.4 Å². The zero-order valence-corrected chi connectivity index (χ0v) is 11.7. The monoisotopic (exact) mass is 300 g/mol. The lowest BCUT2D eigenvalue weighted by atomic mass is 10.1. The van der Waals surface area contributed by atoms with Crippen LogP contribution in [0.3, 0.4) is 0 Å². The molecule has 17 heavy (non-hydrogen) atoms. The van der Waals surface area contributed by atoms with Gasteiger partial charge in [-0.25, -0.2) is 0 Å². The molecule has 1 rings (SSSR count). The normalized spacial score (nSPS) is 10.1. The summed E-state index contributed by atoms with van der Waals surface area (Å²) in [5.41, 5.74) is 6.60. The van der Waals surface area contributed by atoms with Crippen molar-refractivity contribution in [3.63, 3.8) is 0 Å². The molecule has 0 fully saturated rings. The number of likely N-dealkylation sites (N-methyl/N-ethyl adjacent to an activating group) is 1. The first-order valence-electron chi connectivity index (χ1n) is 5.36. The molecule has 0 aliphatic heterocycles. The lowest BCUT2D eigenvalue weighted by Crippen LogP contribution is -2.27. The molecule has 0 bridgehead atoms. The highest BCUT2D eigenvalue weighted by atomic mass is 79.9. The van der Waals surface area contributed by atoms with E-state index in [0.717, 1.165) is 16.5 Å². The second-order valence-corrected chi connectivity index (χ2v) is 4.72. The number of amides is 1. The summed E-state index contributed by atoms with van der Waals surface area (Å²) in [4.78, 5) is 12.9. The van der Waals surface area contributed by atoms with Crippen LogP contribution in [0.2, 0.25) is 0 Å². The van der Waals surface area contributed by atoms with Gasteiger partial charge in [-0.2, -0.15) is 0 Å². The molecule has 0 unspecified atom stereocenters. The Bertz CT molecular complexity index is 394. The number of hydrogen-bond acceptors (Lipinski definition) is 3. The maximum absolute atomic E-state index is 11.4. The van der Waals surface area contributed by atoms with Crippen molar-refractivity contribution < 1.29 is 9.53 Å². The summed E-state index contributed by atoms with van der Waals surface area (Å²) >= 11 is 3.45. The minimum atomic E-state index is -0.0618. The van der Waals surface area contributed by atoms with Gasteiger partial charge in [0, 0.05) is 18.6 Å². The second kappa shape index (κ2) is 6.61. The van der Waals surface area contributed by atoms with Crippen LogP contribution in [0, 0.1) is 0 Å². The highest BCUT2D eigenvalue weighted by Crippen LogP contribution is 2.22. The molecule has 0 heterocycles. The molecule has 0 aromatic heterocycles. The number of carbonyl (C=O) groups is 1. The number of nitrogens with zero attached hydrogens (tertiary/aromatic N) is 1. The SMILES string of the molecule is CN(C)C(=O)COc1ccc(Br)c(CCN)c1. The van der Waals surface area contributed by atoms with Gasteiger partial charge in [-0.05, 0) is 36.7 Å². The number of ether oxygens (including phenoxy) is 1. The van der Waals surface area contributed by atoms with Gasteiger partial charge in [0.05, 0.1) is 0 Å². The Kier molecular flexibility index (Phi) is 5.44. The summed E-state index contributed by atoms with van der Waals surface area (Å²) in [6.45, 7) is 0.634. The maximum atomic E-state index is 11.4. The molecular formula is C12H17BrN2O2. The zero-order valence-electron chi connectivity index (χ0n) is 10.1. The van der Waals surface area contributed by atoms with Crippen molar-refractivity contribution in [1.29, 1.82) is 0 Å². The van der Waals surface area contributed by atoms with E-state index in [2.05, 4.69) is 15.9 Å². The van der Waals surface area contributed by atoms with Gasteiger partial charge in [0.15, 0.2) is 6.61 Å². The summed E-state index contributed by atoms with van der Waals surface area (Å²) < 4.78 is 6.43. The van der Waals surface area contributed by atoms with Crippen LogP contribution >= 0.6 is 15.9 Å². The third kappa shape index (κ3) is 4.36. The quantitative estimate of drug-likeness (QED) is 0.895. The average Bonchev–Trinajstić information content (AvgIpc) is 2.29. The van der Waals surface area contributed by atoms with E-state index < -0.39 is 0 Å². The van der Waals surface area contributed by atoms with Crippen molar-refractivity contribution in [1.82, 2.24) is 4.90 Å². The number of halogens is 1. The first kappa shape index (κ1) is 14.0. The Morgan fingerprint density at radius 2 is 2.18 bits per heavy atom. The Labute approximate surface area is 110 Å². The maximum Gasteiger partial charge on any atom is 0.259 e. The zero-order chi connectivity index (χ0) is 12.8. The predicted molar refractivity (Wildman–Crippen MR) is 71.1 cm³/mol. The van der Waals surface area contributed by atoms with Crippen LogP contribution in [0.5, 0.6) is 5.75 Å². The van der Waals surface area contributed by atoms with Gasteiger partial charge in [0.25, 0.3) is 5.91 Å². The predicted octanol–water partition coefficient (Wildman–Crippen LogP) is 1.42. The first-order chi connectivity index (χ1) is 8.04. The van der Waals surface area contributed by atoms with Gasteiger partial charge in [-0.1, -0.05) is 15.9 Å². The minimum Gasteiger partial charge on any atom is -0.484 e. The summed E-state index contributed by atoms with van der Waals surface area (Å²) in [6.07, 6.45) is 0.777. The van der Waals surface area contributed by atoms with E-state index in [-0.39, 0.29) is 12.5 Å². The molecule has 0 saturated carbocycles. The Morgan fingerprint density at radius 1 is 1.47 bits per heavy atom. The molecule has 0 aliphatic rings. The van der Waals surface area contributed by atoms with Crippen LogP contribution in [0.1, 0.15) is 5.56 Å². The van der Waals surface area contributed by atoms with Crippen LogP contribution < -0.4 is 10.5 Å². The van der Waals surface area contributed by atoms with E-state index in [1.807, 2.05) is 18.2 Å². The van der Waals surface area contributed by atoms with Crippen molar-refractivity contribution in [3.8, 4) is 5.75 Å². The van der Waals surface area contributed by atoms with Crippen LogP contribution in [-0.2, 0) is 11.2 Å². The lowest BCUT2D eigenvalue weighted by molar-refractivity contribution is -0.130. The first-order valence-corrected chi connectivity index (χ1v) is 6.15. The van der Waals surface area contributed by atoms with E-state index in [4.69, 9.17) is 10.5 Å². The van der Waals surface area contributed by atoms with Crippen LogP contribution in [-0.4, -0.2) is 38.1 Å². The number of hydrogen-bond donors (Lipinski definition) is 1. The Morgan fingerprint density at radius 3 is 2.76 bits per heavy atom. The molecular weight excluding hydrogens is 284 g/mol. The highest BCUT2D eigenvalue weighted by Gasteiger charge is 2.06. The highest BCUT2D eigenvalue weighted by molar-refractivity contribution is 9.10. The molecule has 0 atom stereocenters. The van der Waals surface area contributed by atoms with Crippen molar-refractivity contribution in [2.24, 2.45) is 5.73 Å². The van der Waals surface area contributed by atoms with Crippen LogP contribution in [0.15, 0.2) is 22.7 Å². The molecule has 1 aromatic rings. The van der Waals surface area contributed by atoms with Crippen molar-refractivity contribution in [3.05, 3.63) is 28.2 Å². The van der Waals surface area contributed by atoms with Crippen molar-refractivity contribution in [2.75, 3.05) is 27.2 Å². The van der Waals surface area contributed by atoms with Gasteiger partial charge in [-0.15, -0.1) is 0 Å². The minimum absolute atomic E-state index is 0.0523. The Balaban J connectivity index is 2.66. The molecule has 0 aliphatic carbocycles. The van der Waals surface area contributed by atoms with E-state index >= 15 is 0 Å². The van der Waals surface area contributed by atoms with E-state index in [0.29, 0.717) is 12.3 Å². The van der Waals surface area contributed by atoms with Crippen LogP contribution in [0.25, 0.3) is 0 Å². The number of carbonyl (C=O) groups excluding carboxylic acids is 1. The molecule has 1 amide bonds. The van der Waals surface area contributed by atoms with Gasteiger partial charge in [0.1, 0.15) is 5.75 Å². The van der Waals surface area contributed by atoms with E-state index in [9.17, 15) is 4.79 Å². The number of nitrogens with two attached hydrogens (primary N) is 1. The molecule has 0 spiro atoms. The fourth-order valence-electron chi connectivity index (χ4n) is 1.26. The molecule has 5 heteroatoms. The standard InChI is InChI=1S/C12H17BrN2O2/c1-15(2)12(16)8-17-10-3-4-11(13)9(7-10)5-6-14/h3-4,7H,5-6,8,14H2,1-2H3. The summed E-state index contributed by atoms with van der Waals surface area (Å²) in [6, 6.07) is 5.63. The summed E-state index contributed by atoms with van der Waals surface area (Å²) in [7, 11) is 3.40. The summed E-state index contributed by atoms with van der Waals surface area (Å²) in [5, 5.41) is 0. The molecule has 94 valence electrons. The molecule has 2 N–H and O–H groups in total. The average molecular weight is 301 g/mol. The Hall–Kier alpha value is -1.07. The molecule has 0 saturated heterocycles. The molecule has 4 nitrogen and oxygen atoms in total. The molecule has 0 radical (unpaired) electrons. The third-order valence-corrected chi connectivity index (χ3v) is 3.07. The topological polar surface area (TPSA) is 55.6 Å². The van der Waals surface area contributed by atoms with Crippen LogP contribution in [0.4, 0.5) is 0 Å². The lowest BCUT2D eigenvalue weighted by Gasteiger charge is -2.12. The van der Waals surface area contributed by atoms with Gasteiger partial charge in [0.2, 0.25) is 0 Å². The summed E-state index contributed by atoms with van der Waals surface area (Å²) in [5.74, 6) is 0.625. The van der Waals surface area contributed by atoms with E-state index in [1.165, 1.54) is 4.90 Å². The molecule has 1 aromatic carbocycles. The fraction of sp³-hybridized carbons (Fsp3) is 0.417. The van der Waals surface area contributed by atoms with Gasteiger partial charge in [-0.3, -0.25) is 4.79 Å². The number of rotatable bonds is 5. The van der Waals surface area contributed by atoms with Crippen molar-refractivity contribution in [2.45, 2.75) is 6.42 Å². The smallest absolute Gasteiger partial charge is 0.259 e. The second-order valence-electron chi connectivity index (χ2n) is 3.87.